The summed E-state index contributed by atoms with van der Waals surface area (Å²) in [6.07, 6.45) is 8.99. The van der Waals surface area contributed by atoms with E-state index in [0.717, 1.165) is 41.8 Å². The minimum atomic E-state index is 0.217. The lowest BCUT2D eigenvalue weighted by Crippen LogP contribution is -2.22. The molecule has 27 heavy (non-hydrogen) atoms. The summed E-state index contributed by atoms with van der Waals surface area (Å²) in [4.78, 5) is 0. The van der Waals surface area contributed by atoms with Crippen molar-refractivity contribution in [3.63, 3.8) is 0 Å². The van der Waals surface area contributed by atoms with E-state index in [4.69, 9.17) is 5.73 Å². The van der Waals surface area contributed by atoms with E-state index in [1.807, 2.05) is 13.0 Å². The van der Waals surface area contributed by atoms with Crippen molar-refractivity contribution in [2.75, 3.05) is 0 Å². The fourth-order valence-electron chi connectivity index (χ4n) is 2.81. The van der Waals surface area contributed by atoms with Crippen LogP contribution in [0.15, 0.2) is 79.4 Å². The van der Waals surface area contributed by atoms with Gasteiger partial charge in [-0.2, -0.15) is 0 Å². The summed E-state index contributed by atoms with van der Waals surface area (Å²) in [5.41, 5.74) is 11.9. The lowest BCUT2D eigenvalue weighted by atomic mass is 9.97. The van der Waals surface area contributed by atoms with Crippen LogP contribution < -0.4 is 16.4 Å². The van der Waals surface area contributed by atoms with E-state index in [1.165, 1.54) is 17.3 Å². The molecular weight excluding hydrogens is 330 g/mol. The van der Waals surface area contributed by atoms with E-state index in [0.29, 0.717) is 6.42 Å². The van der Waals surface area contributed by atoms with Gasteiger partial charge in [0.15, 0.2) is 0 Å². The maximum absolute atomic E-state index is 5.40. The van der Waals surface area contributed by atoms with Crippen LogP contribution in [-0.4, -0.2) is 0 Å². The van der Waals surface area contributed by atoms with Crippen LogP contribution in [0.25, 0.3) is 5.57 Å². The first-order valence-corrected chi connectivity index (χ1v) is 9.66. The Kier molecular flexibility index (Phi) is 9.81. The minimum Gasteiger partial charge on any atom is -0.403 e. The van der Waals surface area contributed by atoms with Crippen molar-refractivity contribution in [1.82, 2.24) is 10.6 Å². The number of rotatable bonds is 12. The quantitative estimate of drug-likeness (QED) is 0.403. The molecule has 1 atom stereocenters. The van der Waals surface area contributed by atoms with Gasteiger partial charge in [-0.05, 0) is 42.0 Å². The predicted molar refractivity (Wildman–Crippen MR) is 120 cm³/mol. The van der Waals surface area contributed by atoms with E-state index in [-0.39, 0.29) is 6.04 Å². The van der Waals surface area contributed by atoms with Crippen LogP contribution in [0.1, 0.15) is 63.6 Å². The predicted octanol–water partition coefficient (Wildman–Crippen LogP) is 5.92. The number of nitrogens with two attached hydrogens (primary N) is 1. The molecule has 0 radical (unpaired) electrons. The Morgan fingerprint density at radius 1 is 1.15 bits per heavy atom. The first-order valence-electron chi connectivity index (χ1n) is 9.66. The van der Waals surface area contributed by atoms with Gasteiger partial charge in [-0.25, -0.2) is 0 Å². The number of nitrogens with one attached hydrogen (secondary N) is 2. The molecule has 0 saturated carbocycles. The topological polar surface area (TPSA) is 50.1 Å². The first-order chi connectivity index (χ1) is 13.0. The van der Waals surface area contributed by atoms with Crippen LogP contribution in [0.4, 0.5) is 0 Å². The standard InChI is InChI=1S/C24H35N3/c1-7-10-24(22-13-11-21(12-14-22)18(4)8-2)27-20(6)19(5)17-23(9-3)26-16-15-25/h9,11-16,24,26-27H,4-8,10,17,25H2,1-3H3/b16-15+,23-9+/t24-/m0/s1. The highest BCUT2D eigenvalue weighted by molar-refractivity contribution is 5.63. The number of hydrogen-bond acceptors (Lipinski definition) is 3. The van der Waals surface area contributed by atoms with Crippen molar-refractivity contribution in [2.24, 2.45) is 5.73 Å². The van der Waals surface area contributed by atoms with E-state index >= 15 is 0 Å². The van der Waals surface area contributed by atoms with E-state index in [9.17, 15) is 0 Å². The highest BCUT2D eigenvalue weighted by Crippen LogP contribution is 2.25. The van der Waals surface area contributed by atoms with Gasteiger partial charge in [-0.3, -0.25) is 0 Å². The average molecular weight is 366 g/mol. The Morgan fingerprint density at radius 2 is 1.81 bits per heavy atom. The van der Waals surface area contributed by atoms with Gasteiger partial charge >= 0.3 is 0 Å². The molecule has 0 aliphatic carbocycles. The molecule has 3 nitrogen and oxygen atoms in total. The summed E-state index contributed by atoms with van der Waals surface area (Å²) in [5.74, 6) is 0. The SMILES string of the molecule is C=C(C/C(=C\C)N/C=C/N)C(=C)N[C@@H](CCC)c1ccc(C(=C)CC)cc1. The van der Waals surface area contributed by atoms with Gasteiger partial charge in [-0.15, -0.1) is 0 Å². The van der Waals surface area contributed by atoms with E-state index < -0.39 is 0 Å². The van der Waals surface area contributed by atoms with Crippen LogP contribution >= 0.6 is 0 Å². The molecule has 0 unspecified atom stereocenters. The molecule has 0 heterocycles. The molecule has 0 bridgehead atoms. The number of benzene rings is 1. The van der Waals surface area contributed by atoms with E-state index in [1.54, 1.807) is 6.20 Å². The molecule has 0 aliphatic rings. The largest absolute Gasteiger partial charge is 0.403 e. The summed E-state index contributed by atoms with van der Waals surface area (Å²) in [7, 11) is 0. The van der Waals surface area contributed by atoms with Gasteiger partial charge in [0.2, 0.25) is 0 Å². The third-order valence-corrected chi connectivity index (χ3v) is 4.62. The zero-order valence-corrected chi connectivity index (χ0v) is 17.1. The normalized spacial score (nSPS) is 12.6. The van der Waals surface area contributed by atoms with E-state index in [2.05, 4.69) is 68.5 Å². The summed E-state index contributed by atoms with van der Waals surface area (Å²) in [6.45, 7) is 18.8. The van der Waals surface area contributed by atoms with Gasteiger partial charge in [0.05, 0.1) is 6.04 Å². The average Bonchev–Trinajstić information content (AvgIpc) is 2.69. The molecule has 0 aromatic heterocycles. The molecule has 1 aromatic carbocycles. The van der Waals surface area contributed by atoms with Crippen molar-refractivity contribution >= 4 is 5.57 Å². The summed E-state index contributed by atoms with van der Waals surface area (Å²) in [6, 6.07) is 8.90. The molecule has 0 amide bonds. The first kappa shape index (κ1) is 22.4. The summed E-state index contributed by atoms with van der Waals surface area (Å²) >= 11 is 0. The highest BCUT2D eigenvalue weighted by atomic mass is 14.9. The second-order valence-corrected chi connectivity index (χ2v) is 6.64. The molecule has 146 valence electrons. The van der Waals surface area contributed by atoms with Crippen molar-refractivity contribution in [3.8, 4) is 0 Å². The lowest BCUT2D eigenvalue weighted by molar-refractivity contribution is 0.547. The fraction of sp³-hybridized carbons (Fsp3) is 0.333. The fourth-order valence-corrected chi connectivity index (χ4v) is 2.81. The maximum Gasteiger partial charge on any atom is 0.0513 e. The molecule has 0 aliphatic heterocycles. The third kappa shape index (κ3) is 7.22. The van der Waals surface area contributed by atoms with Crippen LogP contribution in [0.5, 0.6) is 0 Å². The lowest BCUT2D eigenvalue weighted by Gasteiger charge is -2.23. The Hall–Kier alpha value is -2.68. The van der Waals surface area contributed by atoms with Crippen LogP contribution in [0.3, 0.4) is 0 Å². The molecule has 0 spiro atoms. The third-order valence-electron chi connectivity index (χ3n) is 4.62. The van der Waals surface area contributed by atoms with Gasteiger partial charge < -0.3 is 16.4 Å². The molecule has 3 heteroatoms. The monoisotopic (exact) mass is 365 g/mol. The maximum atomic E-state index is 5.40. The van der Waals surface area contributed by atoms with Gasteiger partial charge in [0.25, 0.3) is 0 Å². The van der Waals surface area contributed by atoms with Crippen molar-refractivity contribution < 1.29 is 0 Å². The van der Waals surface area contributed by atoms with Crippen molar-refractivity contribution in [2.45, 2.75) is 52.5 Å². The van der Waals surface area contributed by atoms with Crippen LogP contribution in [-0.2, 0) is 0 Å². The molecule has 0 saturated heterocycles. The van der Waals surface area contributed by atoms with Crippen molar-refractivity contribution in [1.29, 1.82) is 0 Å². The second-order valence-electron chi connectivity index (χ2n) is 6.64. The second kappa shape index (κ2) is 11.8. The van der Waals surface area contributed by atoms with Gasteiger partial charge in [0, 0.05) is 30.2 Å². The number of allylic oxidation sites excluding steroid dienone is 4. The molecule has 1 aromatic rings. The Labute approximate surface area is 165 Å². The Balaban J connectivity index is 2.82. The highest BCUT2D eigenvalue weighted by Gasteiger charge is 2.13. The molecular formula is C24H35N3. The zero-order valence-electron chi connectivity index (χ0n) is 17.1. The van der Waals surface area contributed by atoms with Crippen LogP contribution in [0, 0.1) is 0 Å². The van der Waals surface area contributed by atoms with Crippen LogP contribution in [0.2, 0.25) is 0 Å². The minimum absolute atomic E-state index is 0.217. The zero-order chi connectivity index (χ0) is 20.2. The Bertz CT molecular complexity index is 693. The smallest absolute Gasteiger partial charge is 0.0513 e. The Morgan fingerprint density at radius 3 is 2.33 bits per heavy atom. The summed E-state index contributed by atoms with van der Waals surface area (Å²) < 4.78 is 0. The number of hydrogen-bond donors (Lipinski definition) is 3. The van der Waals surface area contributed by atoms with Gasteiger partial charge in [-0.1, -0.05) is 70.3 Å². The van der Waals surface area contributed by atoms with Crippen molar-refractivity contribution in [3.05, 3.63) is 90.6 Å². The molecule has 1 rings (SSSR count). The molecule has 4 N–H and O–H groups in total. The van der Waals surface area contributed by atoms with Gasteiger partial charge in [0.1, 0.15) is 0 Å². The summed E-state index contributed by atoms with van der Waals surface area (Å²) in [5, 5.41) is 6.72. The molecule has 0 fully saturated rings.